The second kappa shape index (κ2) is 8.09. The van der Waals surface area contributed by atoms with Crippen molar-refractivity contribution in [2.24, 2.45) is 0 Å². The van der Waals surface area contributed by atoms with Gasteiger partial charge in [-0.2, -0.15) is 0 Å². The quantitative estimate of drug-likeness (QED) is 0.518. The van der Waals surface area contributed by atoms with Crippen LogP contribution in [0.25, 0.3) is 11.1 Å². The van der Waals surface area contributed by atoms with E-state index in [2.05, 4.69) is 17.6 Å². The van der Waals surface area contributed by atoms with Crippen molar-refractivity contribution >= 4 is 11.9 Å². The van der Waals surface area contributed by atoms with Crippen LogP contribution in [0.1, 0.15) is 24.0 Å². The molecule has 0 heterocycles. The van der Waals surface area contributed by atoms with Crippen molar-refractivity contribution in [3.8, 4) is 11.1 Å². The molecule has 0 fully saturated rings. The third kappa shape index (κ3) is 3.75. The molecule has 26 heavy (non-hydrogen) atoms. The van der Waals surface area contributed by atoms with E-state index in [0.717, 1.165) is 22.3 Å². The summed E-state index contributed by atoms with van der Waals surface area (Å²) in [7, 11) is 0. The summed E-state index contributed by atoms with van der Waals surface area (Å²) < 4.78 is 10.1. The first-order chi connectivity index (χ1) is 12.6. The molecule has 0 aliphatic heterocycles. The van der Waals surface area contributed by atoms with Crippen LogP contribution in [0.15, 0.2) is 48.5 Å². The fourth-order valence-electron chi connectivity index (χ4n) is 3.06. The highest BCUT2D eigenvalue weighted by Crippen LogP contribution is 2.44. The summed E-state index contributed by atoms with van der Waals surface area (Å²) in [5.74, 6) is -0.468. The monoisotopic (exact) mass is 356 g/mol. The second-order valence-corrected chi connectivity index (χ2v) is 6.02. The predicted molar refractivity (Wildman–Crippen MR) is 93.5 cm³/mol. The van der Waals surface area contributed by atoms with E-state index in [-0.39, 0.29) is 12.5 Å². The third-order valence-corrected chi connectivity index (χ3v) is 4.43. The highest BCUT2D eigenvalue weighted by Gasteiger charge is 2.29. The Balaban J connectivity index is 1.60. The topological polar surface area (TPSA) is 96.9 Å². The maximum Gasteiger partial charge on any atom is 0.508 e. The number of benzene rings is 2. The standard InChI is InChI=1S/C19H20N2O5/c1-12(20-21-24)18(22)11-26-19(23)25-10-17-15-8-4-2-6-13(15)14-7-3-5-9-16(14)17/h2-9,12,17,20-21,24H,10-11H2,1H3/t12-/m0/s1. The van der Waals surface area contributed by atoms with Gasteiger partial charge < -0.3 is 14.7 Å². The molecular formula is C19H20N2O5. The highest BCUT2D eigenvalue weighted by molar-refractivity contribution is 5.86. The Kier molecular flexibility index (Phi) is 5.62. The number of ether oxygens (including phenoxy) is 2. The predicted octanol–water partition coefficient (Wildman–Crippen LogP) is 2.39. The number of carbonyl (C=O) groups is 2. The van der Waals surface area contributed by atoms with Crippen molar-refractivity contribution < 1.29 is 24.3 Å². The Morgan fingerprint density at radius 2 is 1.62 bits per heavy atom. The zero-order valence-corrected chi connectivity index (χ0v) is 14.3. The molecule has 1 aliphatic carbocycles. The van der Waals surface area contributed by atoms with Crippen LogP contribution >= 0.6 is 0 Å². The summed E-state index contributed by atoms with van der Waals surface area (Å²) in [5.41, 5.74) is 8.44. The van der Waals surface area contributed by atoms with Gasteiger partial charge in [0.25, 0.3) is 0 Å². The number of hydrogen-bond acceptors (Lipinski definition) is 7. The molecule has 0 amide bonds. The van der Waals surface area contributed by atoms with Crippen LogP contribution in [0.5, 0.6) is 0 Å². The van der Waals surface area contributed by atoms with Gasteiger partial charge in [0, 0.05) is 5.92 Å². The van der Waals surface area contributed by atoms with E-state index in [0.29, 0.717) is 0 Å². The summed E-state index contributed by atoms with van der Waals surface area (Å²) >= 11 is 0. The van der Waals surface area contributed by atoms with Gasteiger partial charge in [-0.05, 0) is 29.2 Å². The first-order valence-corrected chi connectivity index (χ1v) is 8.27. The van der Waals surface area contributed by atoms with Gasteiger partial charge >= 0.3 is 6.16 Å². The fourth-order valence-corrected chi connectivity index (χ4v) is 3.06. The van der Waals surface area contributed by atoms with Crippen LogP contribution in [0.2, 0.25) is 0 Å². The smallest absolute Gasteiger partial charge is 0.433 e. The molecule has 3 rings (SSSR count). The number of rotatable bonds is 7. The number of ketones is 1. The van der Waals surface area contributed by atoms with Crippen LogP contribution in [-0.4, -0.2) is 36.4 Å². The van der Waals surface area contributed by atoms with E-state index in [9.17, 15) is 9.59 Å². The lowest BCUT2D eigenvalue weighted by Gasteiger charge is -2.14. The van der Waals surface area contributed by atoms with Crippen LogP contribution in [0.3, 0.4) is 0 Å². The lowest BCUT2D eigenvalue weighted by molar-refractivity contribution is -0.125. The van der Waals surface area contributed by atoms with Gasteiger partial charge in [-0.1, -0.05) is 48.5 Å². The van der Waals surface area contributed by atoms with E-state index in [4.69, 9.17) is 14.7 Å². The van der Waals surface area contributed by atoms with Crippen molar-refractivity contribution in [1.29, 1.82) is 0 Å². The number of Topliss-reactive ketones (excluding diaryl/α,β-unsaturated/α-hetero) is 1. The minimum absolute atomic E-state index is 0.0650. The van der Waals surface area contributed by atoms with Gasteiger partial charge in [0.05, 0.1) is 6.04 Å². The summed E-state index contributed by atoms with van der Waals surface area (Å²) in [5, 5.41) is 8.48. The van der Waals surface area contributed by atoms with Gasteiger partial charge in [0.15, 0.2) is 12.4 Å². The Morgan fingerprint density at radius 1 is 1.04 bits per heavy atom. The summed E-state index contributed by atoms with van der Waals surface area (Å²) in [6.07, 6.45) is -0.899. The van der Waals surface area contributed by atoms with Crippen molar-refractivity contribution in [2.75, 3.05) is 13.2 Å². The maximum absolute atomic E-state index is 11.8. The minimum atomic E-state index is -0.899. The zero-order chi connectivity index (χ0) is 18.5. The van der Waals surface area contributed by atoms with Crippen molar-refractivity contribution in [3.63, 3.8) is 0 Å². The lowest BCUT2D eigenvalue weighted by atomic mass is 9.98. The largest absolute Gasteiger partial charge is 0.508 e. The van der Waals surface area contributed by atoms with E-state index in [1.165, 1.54) is 6.92 Å². The molecule has 0 unspecified atom stereocenters. The molecule has 0 saturated heterocycles. The Hall–Kier alpha value is -2.74. The van der Waals surface area contributed by atoms with E-state index in [1.54, 1.807) is 5.59 Å². The van der Waals surface area contributed by atoms with Gasteiger partial charge in [-0.3, -0.25) is 4.79 Å². The Labute approximate surface area is 150 Å². The van der Waals surface area contributed by atoms with Crippen LogP contribution in [0.4, 0.5) is 4.79 Å². The normalized spacial score (nSPS) is 13.6. The zero-order valence-electron chi connectivity index (χ0n) is 14.3. The number of hydrogen-bond donors (Lipinski definition) is 3. The number of fused-ring (bicyclic) bond motifs is 3. The van der Waals surface area contributed by atoms with Crippen molar-refractivity contribution in [1.82, 2.24) is 11.0 Å². The molecule has 1 aliphatic rings. The molecule has 0 bridgehead atoms. The Morgan fingerprint density at radius 3 is 2.19 bits per heavy atom. The molecule has 3 N–H and O–H groups in total. The highest BCUT2D eigenvalue weighted by atomic mass is 16.7. The number of carbonyl (C=O) groups excluding carboxylic acids is 2. The van der Waals surface area contributed by atoms with E-state index >= 15 is 0 Å². The van der Waals surface area contributed by atoms with Gasteiger partial charge in [-0.15, -0.1) is 5.59 Å². The Bertz CT molecular complexity index is 763. The van der Waals surface area contributed by atoms with Crippen LogP contribution in [0, 0.1) is 0 Å². The van der Waals surface area contributed by atoms with E-state index in [1.807, 2.05) is 36.4 Å². The molecule has 0 radical (unpaired) electrons. The van der Waals surface area contributed by atoms with Gasteiger partial charge in [0.1, 0.15) is 6.61 Å². The second-order valence-electron chi connectivity index (χ2n) is 6.02. The van der Waals surface area contributed by atoms with Crippen LogP contribution in [-0.2, 0) is 14.3 Å². The molecule has 1 atom stereocenters. The molecule has 7 nitrogen and oxygen atoms in total. The maximum atomic E-state index is 11.8. The first-order valence-electron chi connectivity index (χ1n) is 8.27. The average Bonchev–Trinajstić information content (AvgIpc) is 2.98. The van der Waals surface area contributed by atoms with Gasteiger partial charge in [0.2, 0.25) is 0 Å². The summed E-state index contributed by atoms with van der Waals surface area (Å²) in [6.45, 7) is 1.21. The molecule has 0 spiro atoms. The minimum Gasteiger partial charge on any atom is -0.433 e. The summed E-state index contributed by atoms with van der Waals surface area (Å²) in [6, 6.07) is 15.3. The molecule has 0 aromatic heterocycles. The SMILES string of the molecule is C[C@H](NNO)C(=O)COC(=O)OCC1c2ccccc2-c2ccccc21. The van der Waals surface area contributed by atoms with E-state index < -0.39 is 24.6 Å². The van der Waals surface area contributed by atoms with Gasteiger partial charge in [-0.25, -0.2) is 10.2 Å². The average molecular weight is 356 g/mol. The van der Waals surface area contributed by atoms with Crippen molar-refractivity contribution in [2.45, 2.75) is 18.9 Å². The molecule has 0 saturated carbocycles. The van der Waals surface area contributed by atoms with Crippen LogP contribution < -0.4 is 11.0 Å². The first kappa shape index (κ1) is 18.1. The fraction of sp³-hybridized carbons (Fsp3) is 0.263. The third-order valence-electron chi connectivity index (χ3n) is 4.43. The number of hydrazine groups is 1. The molecule has 7 heteroatoms. The summed E-state index contributed by atoms with van der Waals surface area (Å²) in [4.78, 5) is 23.5. The molecule has 2 aromatic rings. The molecular weight excluding hydrogens is 336 g/mol. The molecule has 2 aromatic carbocycles. The number of nitrogens with one attached hydrogen (secondary N) is 2. The molecule has 136 valence electrons. The van der Waals surface area contributed by atoms with Crippen molar-refractivity contribution in [3.05, 3.63) is 59.7 Å². The lowest BCUT2D eigenvalue weighted by Crippen LogP contribution is -2.43.